The van der Waals surface area contributed by atoms with E-state index in [0.29, 0.717) is 11.6 Å². The minimum atomic E-state index is -2.80. The lowest BCUT2D eigenvalue weighted by molar-refractivity contribution is 0.101. The van der Waals surface area contributed by atoms with E-state index < -0.39 is 18.0 Å². The van der Waals surface area contributed by atoms with Crippen LogP contribution in [0, 0.1) is 0 Å². The lowest BCUT2D eigenvalue weighted by Gasteiger charge is -2.18. The van der Waals surface area contributed by atoms with Gasteiger partial charge in [0.15, 0.2) is 0 Å². The van der Waals surface area contributed by atoms with Crippen LogP contribution in [0.5, 0.6) is 0 Å². The number of amides is 1. The van der Waals surface area contributed by atoms with Crippen LogP contribution in [0.2, 0.25) is 0 Å². The second-order valence-electron chi connectivity index (χ2n) is 6.84. The van der Waals surface area contributed by atoms with Crippen molar-refractivity contribution in [3.05, 3.63) is 57.4 Å². The average Bonchev–Trinajstić information content (AvgIpc) is 3.26. The van der Waals surface area contributed by atoms with Gasteiger partial charge >= 0.3 is 0 Å². The summed E-state index contributed by atoms with van der Waals surface area (Å²) < 4.78 is 27.5. The Labute approximate surface area is 154 Å². The lowest BCUT2D eigenvalue weighted by atomic mass is 9.90. The molecule has 4 rings (SSSR count). The zero-order valence-electron chi connectivity index (χ0n) is 14.4. The van der Waals surface area contributed by atoms with Crippen molar-refractivity contribution >= 4 is 23.2 Å². The van der Waals surface area contributed by atoms with Crippen molar-refractivity contribution in [2.75, 3.05) is 5.32 Å². The summed E-state index contributed by atoms with van der Waals surface area (Å²) in [6.45, 7) is 1.90. The number of anilines is 1. The van der Waals surface area contributed by atoms with Crippen LogP contribution in [0.1, 0.15) is 65.2 Å². The molecular weight excluding hydrogens is 360 g/mol. The quantitative estimate of drug-likeness (QED) is 0.809. The number of fused-ring (bicyclic) bond motifs is 5. The Morgan fingerprint density at radius 1 is 1.35 bits per heavy atom. The molecule has 136 valence electrons. The number of halogens is 3. The van der Waals surface area contributed by atoms with Crippen LogP contribution in [0.15, 0.2) is 35.0 Å². The van der Waals surface area contributed by atoms with Crippen LogP contribution in [0.3, 0.4) is 0 Å². The molecule has 1 amide bonds. The van der Waals surface area contributed by atoms with Gasteiger partial charge in [0.05, 0.1) is 5.56 Å². The molecule has 1 unspecified atom stereocenters. The molecule has 1 aromatic heterocycles. The highest BCUT2D eigenvalue weighted by Crippen LogP contribution is 2.60. The Balaban J connectivity index is 1.71. The van der Waals surface area contributed by atoms with Gasteiger partial charge in [-0.3, -0.25) is 9.48 Å². The third-order valence-electron chi connectivity index (χ3n) is 5.31. The molecule has 1 heterocycles. The molecule has 0 aliphatic heterocycles. The molecule has 1 N–H and O–H groups in total. The Kier molecular flexibility index (Phi) is 4.10. The van der Waals surface area contributed by atoms with Crippen LogP contribution < -0.4 is 5.32 Å². The number of hydrogen-bond donors (Lipinski definition) is 1. The molecule has 2 aromatic rings. The van der Waals surface area contributed by atoms with Crippen LogP contribution in [0.25, 0.3) is 0 Å². The molecule has 0 radical (unpaired) electrons. The number of allylic oxidation sites excluding steroid dienone is 2. The number of nitrogens with one attached hydrogen (secondary N) is 1. The van der Waals surface area contributed by atoms with Crippen molar-refractivity contribution in [1.82, 2.24) is 9.78 Å². The second kappa shape index (κ2) is 6.20. The Morgan fingerprint density at radius 2 is 2.08 bits per heavy atom. The van der Waals surface area contributed by atoms with Crippen molar-refractivity contribution < 1.29 is 13.6 Å². The molecule has 2 aliphatic carbocycles. The smallest absolute Gasteiger partial charge is 0.282 e. The molecule has 1 saturated carbocycles. The molecule has 2 aliphatic rings. The summed E-state index contributed by atoms with van der Waals surface area (Å²) in [5.41, 5.74) is 3.52. The van der Waals surface area contributed by atoms with Crippen LogP contribution in [-0.4, -0.2) is 15.7 Å². The third-order valence-corrected chi connectivity index (χ3v) is 5.53. The first kappa shape index (κ1) is 17.2. The van der Waals surface area contributed by atoms with Crippen molar-refractivity contribution in [2.45, 2.75) is 38.0 Å². The first-order valence-corrected chi connectivity index (χ1v) is 8.88. The number of rotatable bonds is 3. The summed E-state index contributed by atoms with van der Waals surface area (Å²) in [7, 11) is 1.52. The number of nitrogens with zero attached hydrogens (tertiary/aromatic N) is 2. The SMILES string of the molecule is C/C(Cl)=C1/C2CC[C@@H]1c1c(NC(=O)c3cn(C)nc3C(F)F)cccc12. The van der Waals surface area contributed by atoms with Gasteiger partial charge in [-0.1, -0.05) is 23.7 Å². The highest BCUT2D eigenvalue weighted by Gasteiger charge is 2.43. The maximum absolute atomic E-state index is 13.1. The first-order chi connectivity index (χ1) is 12.4. The molecule has 1 aromatic carbocycles. The van der Waals surface area contributed by atoms with E-state index in [-0.39, 0.29) is 11.5 Å². The number of benzene rings is 1. The molecular formula is C19H18ClF2N3O. The molecule has 0 spiro atoms. The monoisotopic (exact) mass is 377 g/mol. The molecule has 0 saturated heterocycles. The van der Waals surface area contributed by atoms with Crippen molar-refractivity contribution in [3.8, 4) is 0 Å². The maximum Gasteiger partial charge on any atom is 0.282 e. The fourth-order valence-corrected chi connectivity index (χ4v) is 4.67. The van der Waals surface area contributed by atoms with E-state index in [1.54, 1.807) is 0 Å². The Hall–Kier alpha value is -2.21. The van der Waals surface area contributed by atoms with Gasteiger partial charge < -0.3 is 5.32 Å². The van der Waals surface area contributed by atoms with Crippen LogP contribution in [-0.2, 0) is 7.05 Å². The van der Waals surface area contributed by atoms with Gasteiger partial charge in [0.2, 0.25) is 0 Å². The van der Waals surface area contributed by atoms with E-state index in [2.05, 4.69) is 16.5 Å². The highest BCUT2D eigenvalue weighted by molar-refractivity contribution is 6.29. The lowest BCUT2D eigenvalue weighted by Crippen LogP contribution is -2.16. The number of aromatic nitrogens is 2. The number of hydrogen-bond acceptors (Lipinski definition) is 2. The number of carbonyl (C=O) groups is 1. The summed E-state index contributed by atoms with van der Waals surface area (Å²) in [5.74, 6) is -0.0930. The molecule has 2 bridgehead atoms. The minimum Gasteiger partial charge on any atom is -0.322 e. The van der Waals surface area contributed by atoms with Gasteiger partial charge in [0, 0.05) is 35.8 Å². The van der Waals surface area contributed by atoms with Crippen LogP contribution >= 0.6 is 11.6 Å². The van der Waals surface area contributed by atoms with E-state index in [0.717, 1.165) is 23.4 Å². The van der Waals surface area contributed by atoms with Crippen LogP contribution in [0.4, 0.5) is 14.5 Å². The van der Waals surface area contributed by atoms with E-state index in [9.17, 15) is 13.6 Å². The summed E-state index contributed by atoms with van der Waals surface area (Å²) >= 11 is 6.31. The molecule has 7 heteroatoms. The summed E-state index contributed by atoms with van der Waals surface area (Å²) in [6.07, 6.45) is 0.550. The zero-order valence-corrected chi connectivity index (χ0v) is 15.1. The average molecular weight is 378 g/mol. The highest BCUT2D eigenvalue weighted by atomic mass is 35.5. The predicted octanol–water partition coefficient (Wildman–Crippen LogP) is 5.10. The van der Waals surface area contributed by atoms with Gasteiger partial charge in [0.1, 0.15) is 5.69 Å². The summed E-state index contributed by atoms with van der Waals surface area (Å²) in [4.78, 5) is 12.6. The largest absolute Gasteiger partial charge is 0.322 e. The van der Waals surface area contributed by atoms with Crippen molar-refractivity contribution in [1.29, 1.82) is 0 Å². The van der Waals surface area contributed by atoms with Gasteiger partial charge in [0.25, 0.3) is 12.3 Å². The Morgan fingerprint density at radius 3 is 2.77 bits per heavy atom. The molecule has 26 heavy (non-hydrogen) atoms. The van der Waals surface area contributed by atoms with Gasteiger partial charge in [-0.15, -0.1) is 0 Å². The van der Waals surface area contributed by atoms with Gasteiger partial charge in [-0.2, -0.15) is 5.10 Å². The number of aryl methyl sites for hydroxylation is 1. The van der Waals surface area contributed by atoms with E-state index in [1.807, 2.05) is 19.1 Å². The predicted molar refractivity (Wildman–Crippen MR) is 95.8 cm³/mol. The standard InChI is InChI=1S/C19H18ClF2N3O/c1-9(20)15-11-6-7-12(15)16-10(11)4-3-5-14(16)23-19(26)13-8-25(2)24-17(13)18(21)22/h3-5,8,11-12,18H,6-7H2,1-2H3,(H,23,26)/b15-9+/t11?,12-/m0/s1. The fraction of sp³-hybridized carbons (Fsp3) is 0.368. The minimum absolute atomic E-state index is 0.104. The topological polar surface area (TPSA) is 46.9 Å². The van der Waals surface area contributed by atoms with Crippen molar-refractivity contribution in [3.63, 3.8) is 0 Å². The van der Waals surface area contributed by atoms with Gasteiger partial charge in [-0.25, -0.2) is 8.78 Å². The van der Waals surface area contributed by atoms with E-state index in [1.165, 1.54) is 29.1 Å². The van der Waals surface area contributed by atoms with E-state index in [4.69, 9.17) is 11.6 Å². The van der Waals surface area contributed by atoms with E-state index >= 15 is 0 Å². The molecule has 2 atom stereocenters. The number of alkyl halides is 2. The second-order valence-corrected chi connectivity index (χ2v) is 7.40. The zero-order chi connectivity index (χ0) is 18.6. The first-order valence-electron chi connectivity index (χ1n) is 8.50. The van der Waals surface area contributed by atoms with Crippen molar-refractivity contribution in [2.24, 2.45) is 7.05 Å². The molecule has 4 nitrogen and oxygen atoms in total. The van der Waals surface area contributed by atoms with Gasteiger partial charge in [-0.05, 0) is 42.5 Å². The Bertz CT molecular complexity index is 931. The summed E-state index contributed by atoms with van der Waals surface area (Å²) in [5, 5.41) is 7.32. The fourth-order valence-electron chi connectivity index (χ4n) is 4.41. The third kappa shape index (κ3) is 2.55. The molecule has 1 fully saturated rings. The normalized spacial score (nSPS) is 22.7. The summed E-state index contributed by atoms with van der Waals surface area (Å²) in [6, 6.07) is 5.76. The number of carbonyl (C=O) groups excluding carboxylic acids is 1. The maximum atomic E-state index is 13.1.